The van der Waals surface area contributed by atoms with Gasteiger partial charge in [0.05, 0.1) is 20.3 Å². The van der Waals surface area contributed by atoms with Crippen molar-refractivity contribution in [2.75, 3.05) is 20.8 Å². The molecule has 10 heteroatoms. The Morgan fingerprint density at radius 2 is 1.85 bits per heavy atom. The van der Waals surface area contributed by atoms with E-state index >= 15 is 0 Å². The van der Waals surface area contributed by atoms with Gasteiger partial charge in [-0.2, -0.15) is 0 Å². The van der Waals surface area contributed by atoms with Gasteiger partial charge in [0.1, 0.15) is 11.8 Å². The number of aromatic nitrogens is 6. The van der Waals surface area contributed by atoms with Crippen LogP contribution < -0.4 is 10.3 Å². The second-order valence-corrected chi connectivity index (χ2v) is 9.41. The Balaban J connectivity index is 1.67. The smallest absolute Gasteiger partial charge is 0.253 e. The zero-order valence-corrected chi connectivity index (χ0v) is 22.2. The molecule has 3 heterocycles. The van der Waals surface area contributed by atoms with Crippen LogP contribution in [0.3, 0.4) is 0 Å². The SMILES string of the molecule is COCCn1nnnc1C(c1cc2cc(C)ccc2[nH]c1=O)N(Cc1ccc(OC)cc1)Cc1cccnc1. The molecule has 0 saturated heterocycles. The number of tetrazole rings is 1. The summed E-state index contributed by atoms with van der Waals surface area (Å²) in [5.41, 5.74) is 4.30. The Morgan fingerprint density at radius 3 is 2.59 bits per heavy atom. The molecule has 0 bridgehead atoms. The standard InChI is InChI=1S/C29H31N7O3/c1-20-6-11-26-23(15-20)16-25(29(37)31-26)27(28-32-33-34-36(28)13-14-38-2)35(19-22-5-4-12-30-17-22)18-21-7-9-24(39-3)10-8-21/h4-12,15-17,27H,13-14,18-19H2,1-3H3,(H,31,37). The van der Waals surface area contributed by atoms with Gasteiger partial charge >= 0.3 is 0 Å². The Hall–Kier alpha value is -4.41. The van der Waals surface area contributed by atoms with E-state index < -0.39 is 6.04 Å². The quantitative estimate of drug-likeness (QED) is 0.278. The number of nitrogens with one attached hydrogen (secondary N) is 1. The van der Waals surface area contributed by atoms with Crippen molar-refractivity contribution in [2.24, 2.45) is 0 Å². The summed E-state index contributed by atoms with van der Waals surface area (Å²) in [6.07, 6.45) is 3.58. The normalized spacial score (nSPS) is 12.2. The Bertz CT molecular complexity index is 1580. The number of H-pyrrole nitrogens is 1. The van der Waals surface area contributed by atoms with E-state index in [1.165, 1.54) is 0 Å². The molecule has 1 atom stereocenters. The maximum Gasteiger partial charge on any atom is 0.253 e. The highest BCUT2D eigenvalue weighted by Gasteiger charge is 2.31. The molecule has 200 valence electrons. The molecule has 0 aliphatic carbocycles. The van der Waals surface area contributed by atoms with Gasteiger partial charge in [0.15, 0.2) is 5.82 Å². The van der Waals surface area contributed by atoms with Crippen LogP contribution in [0.4, 0.5) is 0 Å². The third kappa shape index (κ3) is 6.02. The third-order valence-corrected chi connectivity index (χ3v) is 6.65. The number of benzene rings is 2. The highest BCUT2D eigenvalue weighted by Crippen LogP contribution is 2.30. The van der Waals surface area contributed by atoms with Crippen molar-refractivity contribution in [1.82, 2.24) is 35.1 Å². The number of aryl methyl sites for hydroxylation is 1. The number of methoxy groups -OCH3 is 2. The molecule has 5 aromatic rings. The lowest BCUT2D eigenvalue weighted by Gasteiger charge is -2.31. The van der Waals surface area contributed by atoms with Crippen LogP contribution in [-0.2, 0) is 24.4 Å². The second-order valence-electron chi connectivity index (χ2n) is 9.41. The molecule has 0 aliphatic heterocycles. The molecule has 10 nitrogen and oxygen atoms in total. The first kappa shape index (κ1) is 26.2. The number of hydrogen-bond donors (Lipinski definition) is 1. The van der Waals surface area contributed by atoms with Crippen LogP contribution in [0.25, 0.3) is 10.9 Å². The minimum Gasteiger partial charge on any atom is -0.497 e. The van der Waals surface area contributed by atoms with Crippen LogP contribution in [0.2, 0.25) is 0 Å². The van der Waals surface area contributed by atoms with Crippen molar-refractivity contribution in [1.29, 1.82) is 0 Å². The van der Waals surface area contributed by atoms with Gasteiger partial charge in [-0.05, 0) is 70.3 Å². The van der Waals surface area contributed by atoms with Gasteiger partial charge in [-0.1, -0.05) is 29.8 Å². The number of aromatic amines is 1. The van der Waals surface area contributed by atoms with Crippen molar-refractivity contribution in [3.63, 3.8) is 0 Å². The van der Waals surface area contributed by atoms with Crippen LogP contribution >= 0.6 is 0 Å². The molecule has 39 heavy (non-hydrogen) atoms. The lowest BCUT2D eigenvalue weighted by atomic mass is 10.0. The van der Waals surface area contributed by atoms with E-state index in [2.05, 4.69) is 36.5 Å². The molecule has 0 aliphatic rings. The molecule has 0 saturated carbocycles. The van der Waals surface area contributed by atoms with Crippen LogP contribution in [0.15, 0.2) is 77.9 Å². The van der Waals surface area contributed by atoms with Gasteiger partial charge in [0.25, 0.3) is 5.56 Å². The minimum atomic E-state index is -0.562. The molecule has 1 unspecified atom stereocenters. The fraction of sp³-hybridized carbons (Fsp3) is 0.276. The molecule has 0 fully saturated rings. The van der Waals surface area contributed by atoms with Gasteiger partial charge in [-0.15, -0.1) is 5.10 Å². The third-order valence-electron chi connectivity index (χ3n) is 6.65. The van der Waals surface area contributed by atoms with E-state index in [9.17, 15) is 4.79 Å². The first-order valence-electron chi connectivity index (χ1n) is 12.7. The summed E-state index contributed by atoms with van der Waals surface area (Å²) in [5.74, 6) is 1.33. The average molecular weight is 526 g/mol. The lowest BCUT2D eigenvalue weighted by molar-refractivity contribution is 0.169. The largest absolute Gasteiger partial charge is 0.497 e. The molecule has 0 radical (unpaired) electrons. The second kappa shape index (κ2) is 12.0. The van der Waals surface area contributed by atoms with Crippen molar-refractivity contribution in [2.45, 2.75) is 32.6 Å². The van der Waals surface area contributed by atoms with E-state index in [4.69, 9.17) is 9.47 Å². The van der Waals surface area contributed by atoms with Crippen molar-refractivity contribution >= 4 is 10.9 Å². The average Bonchev–Trinajstić information content (AvgIpc) is 3.41. The van der Waals surface area contributed by atoms with E-state index in [0.717, 1.165) is 33.3 Å². The summed E-state index contributed by atoms with van der Waals surface area (Å²) in [6.45, 7) is 3.94. The highest BCUT2D eigenvalue weighted by atomic mass is 16.5. The summed E-state index contributed by atoms with van der Waals surface area (Å²) in [4.78, 5) is 23.2. The molecule has 0 spiro atoms. The van der Waals surface area contributed by atoms with Gasteiger partial charge in [-0.25, -0.2) is 4.68 Å². The zero-order chi connectivity index (χ0) is 27.2. The molecule has 1 N–H and O–H groups in total. The number of nitrogens with zero attached hydrogens (tertiary/aromatic N) is 6. The summed E-state index contributed by atoms with van der Waals surface area (Å²) in [7, 11) is 3.28. The number of hydrogen-bond acceptors (Lipinski definition) is 8. The number of fused-ring (bicyclic) bond motifs is 1. The number of pyridine rings is 2. The van der Waals surface area contributed by atoms with E-state index in [-0.39, 0.29) is 5.56 Å². The zero-order valence-electron chi connectivity index (χ0n) is 22.2. The highest BCUT2D eigenvalue weighted by molar-refractivity contribution is 5.79. The van der Waals surface area contributed by atoms with Crippen molar-refractivity contribution in [3.8, 4) is 5.75 Å². The van der Waals surface area contributed by atoms with E-state index in [0.29, 0.717) is 37.6 Å². The summed E-state index contributed by atoms with van der Waals surface area (Å²) in [5, 5.41) is 13.6. The maximum atomic E-state index is 13.7. The van der Waals surface area contributed by atoms with Gasteiger partial charge in [0, 0.05) is 43.7 Å². The Kier molecular flexibility index (Phi) is 8.04. The maximum absolute atomic E-state index is 13.7. The molecule has 3 aromatic heterocycles. The molecule has 5 rings (SSSR count). The minimum absolute atomic E-state index is 0.191. The molecule has 0 amide bonds. The monoisotopic (exact) mass is 525 g/mol. The molecular formula is C29H31N7O3. The lowest BCUT2D eigenvalue weighted by Crippen LogP contribution is -2.35. The molecule has 2 aromatic carbocycles. The van der Waals surface area contributed by atoms with Crippen LogP contribution in [-0.4, -0.2) is 55.9 Å². The summed E-state index contributed by atoms with van der Waals surface area (Å²) < 4.78 is 12.4. The number of ether oxygens (including phenoxy) is 2. The van der Waals surface area contributed by atoms with Crippen molar-refractivity contribution < 1.29 is 9.47 Å². The van der Waals surface area contributed by atoms with E-state index in [1.807, 2.05) is 67.7 Å². The van der Waals surface area contributed by atoms with Gasteiger partial charge in [0.2, 0.25) is 0 Å². The van der Waals surface area contributed by atoms with Crippen LogP contribution in [0.5, 0.6) is 5.75 Å². The van der Waals surface area contributed by atoms with Crippen molar-refractivity contribution in [3.05, 3.63) is 111 Å². The topological polar surface area (TPSA) is 111 Å². The van der Waals surface area contributed by atoms with Gasteiger partial charge in [-0.3, -0.25) is 14.7 Å². The van der Waals surface area contributed by atoms with Gasteiger partial charge < -0.3 is 14.5 Å². The first-order chi connectivity index (χ1) is 19.1. The summed E-state index contributed by atoms with van der Waals surface area (Å²) >= 11 is 0. The molecular weight excluding hydrogens is 494 g/mol. The van der Waals surface area contributed by atoms with E-state index in [1.54, 1.807) is 25.1 Å². The van der Waals surface area contributed by atoms with Crippen LogP contribution in [0, 0.1) is 6.92 Å². The Morgan fingerprint density at radius 1 is 1.03 bits per heavy atom. The van der Waals surface area contributed by atoms with Crippen LogP contribution in [0.1, 0.15) is 34.1 Å². The fourth-order valence-electron chi connectivity index (χ4n) is 4.72. The Labute approximate surface area is 226 Å². The fourth-order valence-corrected chi connectivity index (χ4v) is 4.72. The first-order valence-corrected chi connectivity index (χ1v) is 12.7. The predicted molar refractivity (Wildman–Crippen MR) is 147 cm³/mol. The predicted octanol–water partition coefficient (Wildman–Crippen LogP) is 3.66. The number of rotatable bonds is 11. The summed E-state index contributed by atoms with van der Waals surface area (Å²) in [6, 6.07) is 19.2.